The number of hydrogen-bond donors (Lipinski definition) is 1. The van der Waals surface area contributed by atoms with Crippen LogP contribution < -0.4 is 14.4 Å². The first kappa shape index (κ1) is 27.1. The summed E-state index contributed by atoms with van der Waals surface area (Å²) in [5.74, 6) is -2.16. The normalized spacial score (nSPS) is 17.3. The fraction of sp³-hybridized carbons (Fsp3) is 0.207. The highest BCUT2D eigenvalue weighted by Gasteiger charge is 2.39. The zero-order chi connectivity index (χ0) is 28.6. The van der Waals surface area contributed by atoms with Gasteiger partial charge >= 0.3 is 0 Å². The second-order valence-electron chi connectivity index (χ2n) is 9.16. The number of nitrogens with zero attached hydrogens (tertiary/aromatic N) is 4. The number of amidine groups is 1. The summed E-state index contributed by atoms with van der Waals surface area (Å²) in [6, 6.07) is 11.9. The van der Waals surface area contributed by atoms with Crippen LogP contribution in [0.25, 0.3) is 0 Å². The molecule has 1 atom stereocenters. The van der Waals surface area contributed by atoms with E-state index in [0.717, 1.165) is 0 Å². The average molecular weight is 567 g/mol. The number of carbonyl (C=O) groups excluding carboxylic acids is 1. The van der Waals surface area contributed by atoms with Crippen LogP contribution in [0.15, 0.2) is 83.5 Å². The molecule has 1 amide bonds. The van der Waals surface area contributed by atoms with Crippen LogP contribution in [0.1, 0.15) is 23.6 Å². The van der Waals surface area contributed by atoms with Crippen LogP contribution in [-0.2, 0) is 4.79 Å². The molecule has 2 aromatic carbocycles. The Bertz CT molecular complexity index is 1520. The summed E-state index contributed by atoms with van der Waals surface area (Å²) < 4.78 is 40.0. The summed E-state index contributed by atoms with van der Waals surface area (Å²) in [6.45, 7) is 4.20. The molecule has 3 aromatic rings. The van der Waals surface area contributed by atoms with Crippen LogP contribution in [0.4, 0.5) is 14.5 Å². The number of aromatic nitrogens is 1. The summed E-state index contributed by atoms with van der Waals surface area (Å²) in [6.07, 6.45) is 1.77. The van der Waals surface area contributed by atoms with E-state index >= 15 is 0 Å². The number of aliphatic hydroxyl groups is 1. The van der Waals surface area contributed by atoms with Crippen molar-refractivity contribution in [2.75, 3.05) is 32.2 Å². The maximum Gasteiger partial charge on any atom is 0.261 e. The van der Waals surface area contributed by atoms with E-state index in [9.17, 15) is 18.7 Å². The molecule has 1 N–H and O–H groups in total. The van der Waals surface area contributed by atoms with Gasteiger partial charge in [0.25, 0.3) is 5.91 Å². The number of carbonyl (C=O) groups is 1. The minimum Gasteiger partial charge on any atom is -0.494 e. The third-order valence-electron chi connectivity index (χ3n) is 6.86. The minimum atomic E-state index is -0.664. The lowest BCUT2D eigenvalue weighted by Gasteiger charge is -2.33. The maximum atomic E-state index is 14.5. The summed E-state index contributed by atoms with van der Waals surface area (Å²) in [5.41, 5.74) is 0.340. The second kappa shape index (κ2) is 11.0. The number of hydrogen-bond acceptors (Lipinski definition) is 7. The first-order valence-corrected chi connectivity index (χ1v) is 12.7. The largest absolute Gasteiger partial charge is 0.494 e. The van der Waals surface area contributed by atoms with Gasteiger partial charge in [-0.3, -0.25) is 14.7 Å². The molecule has 0 saturated carbocycles. The number of anilines is 1. The number of aliphatic imine (C=N–C) groups is 1. The molecule has 2 aliphatic rings. The van der Waals surface area contributed by atoms with Crippen LogP contribution in [0.5, 0.6) is 11.5 Å². The van der Waals surface area contributed by atoms with Crippen molar-refractivity contribution in [3.05, 3.63) is 106 Å². The lowest BCUT2D eigenvalue weighted by Crippen LogP contribution is -2.40. The van der Waals surface area contributed by atoms with Gasteiger partial charge in [0.15, 0.2) is 5.84 Å². The van der Waals surface area contributed by atoms with Crippen molar-refractivity contribution in [1.29, 1.82) is 0 Å². The number of pyridine rings is 1. The molecule has 8 nitrogen and oxygen atoms in total. The molecule has 5 rings (SSSR count). The molecule has 1 aromatic heterocycles. The molecular weight excluding hydrogens is 542 g/mol. The van der Waals surface area contributed by atoms with Gasteiger partial charge in [-0.2, -0.15) is 0 Å². The summed E-state index contributed by atoms with van der Waals surface area (Å²) in [7, 11) is 2.91. The van der Waals surface area contributed by atoms with E-state index in [1.807, 2.05) is 0 Å². The lowest BCUT2D eigenvalue weighted by molar-refractivity contribution is -0.126. The number of likely N-dealkylation sites (tertiary alicyclic amines) is 1. The Kier molecular flexibility index (Phi) is 7.44. The highest BCUT2D eigenvalue weighted by Crippen LogP contribution is 2.43. The van der Waals surface area contributed by atoms with Crippen molar-refractivity contribution in [2.24, 2.45) is 4.99 Å². The van der Waals surface area contributed by atoms with E-state index in [4.69, 9.17) is 21.1 Å². The van der Waals surface area contributed by atoms with Crippen molar-refractivity contribution in [3.63, 3.8) is 0 Å². The Morgan fingerprint density at radius 3 is 2.33 bits per heavy atom. The third kappa shape index (κ3) is 4.75. The van der Waals surface area contributed by atoms with Gasteiger partial charge in [0.05, 0.1) is 24.9 Å². The Morgan fingerprint density at radius 2 is 1.73 bits per heavy atom. The van der Waals surface area contributed by atoms with Gasteiger partial charge in [-0.05, 0) is 42.8 Å². The van der Waals surface area contributed by atoms with Gasteiger partial charge < -0.3 is 19.5 Å². The van der Waals surface area contributed by atoms with Gasteiger partial charge in [-0.1, -0.05) is 30.3 Å². The SMILES string of the molecule is C=C1N=C(c2ccc(Cl)cn2)N(c2c(OC)cccc2OC)C(O)=C1C(=O)N1CCC(c2c(F)cccc2F)C1. The highest BCUT2D eigenvalue weighted by atomic mass is 35.5. The summed E-state index contributed by atoms with van der Waals surface area (Å²) in [4.78, 5) is 25.4. The topological polar surface area (TPSA) is 87.5 Å². The van der Waals surface area contributed by atoms with Crippen molar-refractivity contribution in [1.82, 2.24) is 9.88 Å². The monoisotopic (exact) mass is 566 g/mol. The molecule has 0 radical (unpaired) electrons. The average Bonchev–Trinajstić information content (AvgIpc) is 3.42. The molecule has 0 aliphatic carbocycles. The number of aliphatic hydroxyl groups excluding tert-OH is 1. The molecule has 0 bridgehead atoms. The Hall–Kier alpha value is -4.44. The van der Waals surface area contributed by atoms with Crippen LogP contribution in [0.3, 0.4) is 0 Å². The van der Waals surface area contributed by atoms with Crippen LogP contribution in [-0.4, -0.2) is 54.0 Å². The van der Waals surface area contributed by atoms with Crippen LogP contribution >= 0.6 is 11.6 Å². The Morgan fingerprint density at radius 1 is 1.07 bits per heavy atom. The van der Waals surface area contributed by atoms with Crippen molar-refractivity contribution in [2.45, 2.75) is 12.3 Å². The molecule has 0 spiro atoms. The maximum absolute atomic E-state index is 14.5. The van der Waals surface area contributed by atoms with Crippen molar-refractivity contribution < 1.29 is 28.2 Å². The molecule has 2 aliphatic heterocycles. The lowest BCUT2D eigenvalue weighted by atomic mass is 9.97. The second-order valence-corrected chi connectivity index (χ2v) is 9.60. The molecule has 3 heterocycles. The molecule has 1 fully saturated rings. The summed E-state index contributed by atoms with van der Waals surface area (Å²) >= 11 is 6.04. The van der Waals surface area contributed by atoms with E-state index in [1.165, 1.54) is 48.4 Å². The van der Waals surface area contributed by atoms with Gasteiger partial charge in [0.2, 0.25) is 5.88 Å². The zero-order valence-corrected chi connectivity index (χ0v) is 22.5. The number of para-hydroxylation sites is 1. The Labute approximate surface area is 234 Å². The number of benzene rings is 2. The summed E-state index contributed by atoms with van der Waals surface area (Å²) in [5, 5.41) is 12.1. The predicted octanol–water partition coefficient (Wildman–Crippen LogP) is 5.60. The van der Waals surface area contributed by atoms with Crippen LogP contribution in [0.2, 0.25) is 5.02 Å². The first-order chi connectivity index (χ1) is 19.2. The van der Waals surface area contributed by atoms with Gasteiger partial charge in [0, 0.05) is 30.8 Å². The van der Waals surface area contributed by atoms with Crippen molar-refractivity contribution >= 4 is 29.0 Å². The first-order valence-electron chi connectivity index (χ1n) is 12.3. The van der Waals surface area contributed by atoms with E-state index in [0.29, 0.717) is 28.6 Å². The molecular formula is C29H25ClF2N4O4. The number of amides is 1. The van der Waals surface area contributed by atoms with Gasteiger partial charge in [-0.15, -0.1) is 0 Å². The fourth-order valence-corrected chi connectivity index (χ4v) is 5.09. The predicted molar refractivity (Wildman–Crippen MR) is 147 cm³/mol. The number of halogens is 3. The fourth-order valence-electron chi connectivity index (χ4n) is 4.98. The van der Waals surface area contributed by atoms with E-state index in [1.54, 1.807) is 30.3 Å². The smallest absolute Gasteiger partial charge is 0.261 e. The molecule has 1 unspecified atom stereocenters. The zero-order valence-electron chi connectivity index (χ0n) is 21.7. The van der Waals surface area contributed by atoms with Gasteiger partial charge in [-0.25, -0.2) is 13.8 Å². The Balaban J connectivity index is 1.58. The standard InChI is InChI=1S/C29H25ClF2N4O4/c1-16-24(28(37)35-13-12-17(15-35)25-19(31)6-4-7-20(25)32)29(38)36(26-22(39-2)8-5-9-23(26)40-3)27(34-16)21-11-10-18(30)14-33-21/h4-11,14,17,38H,1,12-13,15H2,2-3H3. The number of methoxy groups -OCH3 is 2. The van der Waals surface area contributed by atoms with Gasteiger partial charge in [0.1, 0.15) is 40.1 Å². The number of ether oxygens (including phenoxy) is 2. The third-order valence-corrected chi connectivity index (χ3v) is 7.08. The van der Waals surface area contributed by atoms with E-state index in [-0.39, 0.29) is 41.4 Å². The van der Waals surface area contributed by atoms with Crippen LogP contribution in [0, 0.1) is 11.6 Å². The molecule has 11 heteroatoms. The van der Waals surface area contributed by atoms with E-state index in [2.05, 4.69) is 16.6 Å². The molecule has 1 saturated heterocycles. The molecule has 40 heavy (non-hydrogen) atoms. The van der Waals surface area contributed by atoms with E-state index < -0.39 is 29.3 Å². The highest BCUT2D eigenvalue weighted by molar-refractivity contribution is 6.30. The van der Waals surface area contributed by atoms with Crippen molar-refractivity contribution in [3.8, 4) is 11.5 Å². The quantitative estimate of drug-likeness (QED) is 0.418. The number of rotatable bonds is 6. The molecule has 206 valence electrons. The minimum absolute atomic E-state index is 0.0140.